The number of ketones is 1. The fraction of sp³-hybridized carbons (Fsp3) is 0.794. The number of Topliss-reactive ketones (excluding diaryl/α,β-unsaturated/α-hetero) is 1. The second-order valence-corrected chi connectivity index (χ2v) is 37.0. The smallest absolute Gasteiger partial charge is 0.303 e. The van der Waals surface area contributed by atoms with Gasteiger partial charge in [0.25, 0.3) is 0 Å². The Hall–Kier alpha value is -10.6. The highest BCUT2D eigenvalue weighted by Gasteiger charge is 2.56. The molecule has 45 heteroatoms. The summed E-state index contributed by atoms with van der Waals surface area (Å²) < 4.78 is 84.8. The van der Waals surface area contributed by atoms with Crippen LogP contribution in [0.5, 0.6) is 0 Å². The minimum absolute atomic E-state index is 0.0167. The van der Waals surface area contributed by atoms with E-state index in [1.54, 1.807) is 0 Å². The molecule has 5 rings (SSSR count). The van der Waals surface area contributed by atoms with Crippen LogP contribution in [0, 0.1) is 23.2 Å². The lowest BCUT2D eigenvalue weighted by Gasteiger charge is -2.52. The van der Waals surface area contributed by atoms with Crippen LogP contribution in [0.2, 0.25) is 0 Å². The van der Waals surface area contributed by atoms with Crippen molar-refractivity contribution in [2.75, 3.05) is 98.5 Å². The average Bonchev–Trinajstić information content (AvgIpc) is 0.765. The highest BCUT2D eigenvalue weighted by Crippen LogP contribution is 2.49. The molecule has 0 aliphatic carbocycles. The van der Waals surface area contributed by atoms with Gasteiger partial charge in [-0.25, -0.2) is 0 Å². The number of hydrogen-bond donors (Lipinski definition) is 8. The van der Waals surface area contributed by atoms with Gasteiger partial charge in [-0.2, -0.15) is 0 Å². The van der Waals surface area contributed by atoms with Gasteiger partial charge in [0, 0.05) is 219 Å². The van der Waals surface area contributed by atoms with E-state index < -0.39 is 189 Å². The largest absolute Gasteiger partial charge is 0.463 e. The zero-order chi connectivity index (χ0) is 105. The number of carbonyl (C=O) groups is 20. The SMILES string of the molecule is CC(=O)NC1C(OCCCCC(=O)NCCCCCC(=O)NCC(CCC(=O)NCCCC(=O)C(C)C)(C2CCN(C(=O)CCCCCNC(=O)CCCCOC3OC(COC(C)=O)C(OC(C)=O)C(OC(C)=O)C3NC(C)=O)CC2)C2CCN(C(=O)CCCCCNC(=O)CCCCOC3OC(COC(C)=O)C(OC(C)=O)C(OC(C)=O)C3NC(C)=O)CC2)OC(COC(C)=O)C(OC(C)=O)C1OC(C)=O. The fourth-order valence-corrected chi connectivity index (χ4v) is 18.2. The van der Waals surface area contributed by atoms with Crippen molar-refractivity contribution >= 4 is 119 Å². The molecule has 5 saturated heterocycles. The molecule has 0 radical (unpaired) electrons. The molecule has 0 saturated carbocycles. The van der Waals surface area contributed by atoms with E-state index in [1.165, 1.54) is 41.5 Å². The summed E-state index contributed by atoms with van der Waals surface area (Å²) in [4.78, 5) is 258. The number of hydrogen-bond acceptors (Lipinski definition) is 35. The predicted molar refractivity (Wildman–Crippen MR) is 501 cm³/mol. The average molecular weight is 2020 g/mol. The number of carbonyl (C=O) groups excluding carboxylic acids is 20. The van der Waals surface area contributed by atoms with Crippen LogP contribution in [0.15, 0.2) is 0 Å². The molecule has 45 nitrogen and oxygen atoms in total. The number of amides is 10. The molecule has 142 heavy (non-hydrogen) atoms. The molecule has 0 aromatic rings. The summed E-state index contributed by atoms with van der Waals surface area (Å²) in [6.07, 6.45) is -2.96. The minimum Gasteiger partial charge on any atom is -0.463 e. The Morgan fingerprint density at radius 2 is 0.570 bits per heavy atom. The van der Waals surface area contributed by atoms with E-state index >= 15 is 0 Å². The van der Waals surface area contributed by atoms with E-state index in [0.717, 1.165) is 41.5 Å². The molecule has 10 amide bonds. The number of likely N-dealkylation sites (tertiary alicyclic amines) is 2. The molecule has 0 spiro atoms. The van der Waals surface area contributed by atoms with E-state index in [1.807, 2.05) is 23.6 Å². The quantitative estimate of drug-likeness (QED) is 0.0242. The summed E-state index contributed by atoms with van der Waals surface area (Å²) in [5.41, 5.74) is -0.690. The van der Waals surface area contributed by atoms with Gasteiger partial charge in [-0.3, -0.25) is 95.9 Å². The molecule has 8 N–H and O–H groups in total. The van der Waals surface area contributed by atoms with Crippen LogP contribution in [-0.2, 0) is 167 Å². The van der Waals surface area contributed by atoms with Gasteiger partial charge in [0.15, 0.2) is 55.5 Å². The number of piperidine rings is 2. The van der Waals surface area contributed by atoms with Crippen molar-refractivity contribution in [2.45, 2.75) is 375 Å². The second kappa shape index (κ2) is 65.6. The standard InChI is InChI=1S/C97H156N10O35/c1-59(2)74(120)31-30-47-101-82(125)38-43-97(58-102-81(124)32-18-15-24-44-98-78(121)33-21-27-52-128-94-85(103-60(3)108)91(137-69(12)117)88(134-66(9)114)75(140-94)55-131-63(6)111,72-39-48-106(49-40-72)83(126)36-19-16-25-45-99-79(122)34-22-28-53-129-95-86(104-61(4)109)92(138-70(13)118)89(135-67(10)115)76(141-95)56-132-64(7)112)73-41-50-107(51-42-73)84(127)37-20-17-26-46-100-80(123)35-23-29-54-130-96-87(105-62(5)110)93(139-71(14)119)90(136-68(11)116)77(142-96)57-133-65(8)113/h59,72-73,75-77,85-96H,15-58H2,1-14H3,(H,98,121)(H,99,122)(H,100,123)(H,101,125)(H,102,124)(H,103,108)(H,104,109)(H,105,110). The van der Waals surface area contributed by atoms with E-state index in [4.69, 9.17) is 71.1 Å². The summed E-state index contributed by atoms with van der Waals surface area (Å²) >= 11 is 0. The topological polar surface area (TPSA) is 583 Å². The van der Waals surface area contributed by atoms with Gasteiger partial charge in [0.1, 0.15) is 62.0 Å². The van der Waals surface area contributed by atoms with E-state index in [9.17, 15) is 95.9 Å². The lowest BCUT2D eigenvalue weighted by molar-refractivity contribution is -0.277. The first kappa shape index (κ1) is 122. The zero-order valence-corrected chi connectivity index (χ0v) is 85.2. The third-order valence-corrected chi connectivity index (χ3v) is 25.0. The van der Waals surface area contributed by atoms with E-state index in [0.29, 0.717) is 187 Å². The number of esters is 9. The van der Waals surface area contributed by atoms with E-state index in [2.05, 4.69) is 42.5 Å². The number of ether oxygens (including phenoxy) is 15. The van der Waals surface area contributed by atoms with Crippen molar-refractivity contribution < 1.29 is 167 Å². The molecule has 5 aliphatic heterocycles. The van der Waals surface area contributed by atoms with Gasteiger partial charge in [-0.05, 0) is 133 Å². The normalized spacial score (nSPS) is 22.8. The van der Waals surface area contributed by atoms with Crippen LogP contribution in [0.1, 0.15) is 283 Å². The Balaban J connectivity index is 1.19. The van der Waals surface area contributed by atoms with Crippen molar-refractivity contribution in [3.8, 4) is 0 Å². The molecule has 5 aliphatic rings. The highest BCUT2D eigenvalue weighted by atomic mass is 16.7. The molecule has 5 heterocycles. The number of nitrogens with one attached hydrogen (secondary N) is 8. The van der Waals surface area contributed by atoms with Crippen LogP contribution in [0.4, 0.5) is 0 Å². The van der Waals surface area contributed by atoms with Crippen LogP contribution < -0.4 is 42.5 Å². The maximum atomic E-state index is 14.3. The van der Waals surface area contributed by atoms with Crippen LogP contribution in [-0.4, -0.2) is 319 Å². The van der Waals surface area contributed by atoms with Crippen molar-refractivity contribution in [3.05, 3.63) is 0 Å². The summed E-state index contributed by atoms with van der Waals surface area (Å²) in [7, 11) is 0. The third-order valence-electron chi connectivity index (χ3n) is 25.0. The molecular formula is C97H156N10O35. The molecule has 804 valence electrons. The van der Waals surface area contributed by atoms with Gasteiger partial charge in [-0.15, -0.1) is 0 Å². The van der Waals surface area contributed by atoms with Gasteiger partial charge in [-0.1, -0.05) is 33.1 Å². The third kappa shape index (κ3) is 46.4. The molecule has 15 atom stereocenters. The lowest BCUT2D eigenvalue weighted by Crippen LogP contribution is -2.66. The first-order valence-electron chi connectivity index (χ1n) is 49.9. The van der Waals surface area contributed by atoms with Crippen molar-refractivity contribution in [2.24, 2.45) is 23.2 Å². The molecule has 15 unspecified atom stereocenters. The minimum atomic E-state index is -1.30. The second-order valence-electron chi connectivity index (χ2n) is 37.0. The summed E-state index contributed by atoms with van der Waals surface area (Å²) in [6.45, 7) is 19.8. The van der Waals surface area contributed by atoms with E-state index in [-0.39, 0.29) is 143 Å². The van der Waals surface area contributed by atoms with Gasteiger partial charge >= 0.3 is 53.7 Å². The zero-order valence-electron chi connectivity index (χ0n) is 85.2. The Morgan fingerprint density at radius 1 is 0.303 bits per heavy atom. The number of nitrogens with zero attached hydrogens (tertiary/aromatic N) is 2. The predicted octanol–water partition coefficient (Wildman–Crippen LogP) is 4.03. The van der Waals surface area contributed by atoms with Crippen LogP contribution >= 0.6 is 0 Å². The lowest BCUT2D eigenvalue weighted by atomic mass is 9.58. The van der Waals surface area contributed by atoms with Crippen molar-refractivity contribution in [1.29, 1.82) is 0 Å². The van der Waals surface area contributed by atoms with Crippen LogP contribution in [0.25, 0.3) is 0 Å². The fourth-order valence-electron chi connectivity index (χ4n) is 18.2. The Labute approximate surface area is 831 Å². The number of rotatable bonds is 63. The van der Waals surface area contributed by atoms with Gasteiger partial charge in [0.2, 0.25) is 59.1 Å². The molecule has 0 aromatic heterocycles. The summed E-state index contributed by atoms with van der Waals surface area (Å²) in [6, 6.07) is -3.44. The Kier molecular flexibility index (Phi) is 56.3. The molecular weight excluding hydrogens is 1870 g/mol. The summed E-state index contributed by atoms with van der Waals surface area (Å²) in [5.74, 6) is -9.46. The monoisotopic (exact) mass is 2020 g/mol. The Bertz CT molecular complexity index is 3940. The maximum Gasteiger partial charge on any atom is 0.303 e. The molecule has 0 aromatic carbocycles. The van der Waals surface area contributed by atoms with Gasteiger partial charge < -0.3 is 123 Å². The highest BCUT2D eigenvalue weighted by molar-refractivity contribution is 5.82. The van der Waals surface area contributed by atoms with Gasteiger partial charge in [0.05, 0.1) is 0 Å². The van der Waals surface area contributed by atoms with Crippen molar-refractivity contribution in [1.82, 2.24) is 52.3 Å². The Morgan fingerprint density at radius 3 is 0.852 bits per heavy atom. The maximum absolute atomic E-state index is 14.3. The first-order valence-corrected chi connectivity index (χ1v) is 49.9. The number of unbranched alkanes of at least 4 members (excludes halogenated alkanes) is 9. The van der Waals surface area contributed by atoms with Crippen molar-refractivity contribution in [3.63, 3.8) is 0 Å². The molecule has 0 bridgehead atoms. The summed E-state index contributed by atoms with van der Waals surface area (Å²) in [5, 5.41) is 23.1. The van der Waals surface area contributed by atoms with Crippen LogP contribution in [0.3, 0.4) is 0 Å². The first-order chi connectivity index (χ1) is 67.5. The molecule has 5 fully saturated rings.